The summed E-state index contributed by atoms with van der Waals surface area (Å²) in [6.45, 7) is 5.85. The predicted octanol–water partition coefficient (Wildman–Crippen LogP) is 1.78. The number of nitriles is 1. The van der Waals surface area contributed by atoms with E-state index in [0.29, 0.717) is 29.3 Å². The average molecular weight is 378 g/mol. The molecule has 1 aromatic heterocycles. The summed E-state index contributed by atoms with van der Waals surface area (Å²) in [6.07, 6.45) is 4.98. The molecule has 0 spiro atoms. The van der Waals surface area contributed by atoms with E-state index in [1.54, 1.807) is 18.5 Å². The zero-order valence-electron chi connectivity index (χ0n) is 16.4. The summed E-state index contributed by atoms with van der Waals surface area (Å²) >= 11 is 0. The molecule has 4 rings (SSSR count). The van der Waals surface area contributed by atoms with Gasteiger partial charge in [0.15, 0.2) is 0 Å². The van der Waals surface area contributed by atoms with E-state index in [0.717, 1.165) is 43.8 Å². The molecule has 0 radical (unpaired) electrons. The Bertz CT molecular complexity index is 923. The first-order valence-electron chi connectivity index (χ1n) is 9.92. The predicted molar refractivity (Wildman–Crippen MR) is 108 cm³/mol. The molecule has 2 aromatic rings. The molecule has 3 heterocycles. The van der Waals surface area contributed by atoms with Gasteiger partial charge in [0.2, 0.25) is 5.91 Å². The van der Waals surface area contributed by atoms with Crippen LogP contribution in [0.4, 0.5) is 5.69 Å². The van der Waals surface area contributed by atoms with Crippen LogP contribution >= 0.6 is 0 Å². The molecule has 2 aliphatic rings. The van der Waals surface area contributed by atoms with Crippen LogP contribution in [0.25, 0.3) is 11.0 Å². The van der Waals surface area contributed by atoms with Crippen LogP contribution < -0.4 is 10.2 Å². The van der Waals surface area contributed by atoms with Crippen molar-refractivity contribution in [1.82, 2.24) is 20.2 Å². The van der Waals surface area contributed by atoms with Crippen molar-refractivity contribution in [3.8, 4) is 6.07 Å². The van der Waals surface area contributed by atoms with Crippen molar-refractivity contribution in [3.63, 3.8) is 0 Å². The number of benzene rings is 1. The topological polar surface area (TPSA) is 85.1 Å². The van der Waals surface area contributed by atoms with Gasteiger partial charge in [-0.25, -0.2) is 0 Å². The molecule has 1 amide bonds. The quantitative estimate of drug-likeness (QED) is 0.873. The lowest BCUT2D eigenvalue weighted by atomic mass is 10.0. The van der Waals surface area contributed by atoms with Crippen molar-refractivity contribution in [3.05, 3.63) is 30.1 Å². The summed E-state index contributed by atoms with van der Waals surface area (Å²) in [5.41, 5.74) is 2.89. The first kappa shape index (κ1) is 18.6. The molecule has 28 heavy (non-hydrogen) atoms. The lowest BCUT2D eigenvalue weighted by Gasteiger charge is -2.21. The van der Waals surface area contributed by atoms with Gasteiger partial charge in [0.05, 0.1) is 17.3 Å². The molecule has 2 fully saturated rings. The van der Waals surface area contributed by atoms with Crippen LogP contribution in [0.15, 0.2) is 24.5 Å². The molecule has 2 aliphatic heterocycles. The van der Waals surface area contributed by atoms with Gasteiger partial charge < -0.3 is 15.1 Å². The zero-order valence-corrected chi connectivity index (χ0v) is 16.4. The first-order valence-corrected chi connectivity index (χ1v) is 9.92. The monoisotopic (exact) mass is 378 g/mol. The molecule has 7 heteroatoms. The Morgan fingerprint density at radius 2 is 2.04 bits per heavy atom. The van der Waals surface area contributed by atoms with E-state index in [-0.39, 0.29) is 11.9 Å². The van der Waals surface area contributed by atoms with E-state index < -0.39 is 0 Å². The minimum Gasteiger partial charge on any atom is -0.367 e. The summed E-state index contributed by atoms with van der Waals surface area (Å²) in [5.74, 6) is 0.969. The fourth-order valence-electron chi connectivity index (χ4n) is 4.46. The van der Waals surface area contributed by atoms with Crippen molar-refractivity contribution < 1.29 is 4.79 Å². The summed E-state index contributed by atoms with van der Waals surface area (Å²) in [4.78, 5) is 25.9. The van der Waals surface area contributed by atoms with Crippen molar-refractivity contribution in [2.75, 3.05) is 38.1 Å². The number of carbonyl (C=O) groups excluding carboxylic acids is 1. The molecule has 3 atom stereocenters. The molecule has 7 nitrogen and oxygen atoms in total. The Morgan fingerprint density at radius 3 is 2.75 bits per heavy atom. The number of aromatic nitrogens is 2. The zero-order chi connectivity index (χ0) is 19.7. The Kier molecular flexibility index (Phi) is 5.14. The number of anilines is 1. The second-order valence-corrected chi connectivity index (χ2v) is 8.17. The third kappa shape index (κ3) is 3.65. The Morgan fingerprint density at radius 1 is 1.25 bits per heavy atom. The molecule has 1 aromatic carbocycles. The molecular weight excluding hydrogens is 352 g/mol. The molecule has 0 saturated carbocycles. The maximum Gasteiger partial charge on any atom is 0.220 e. The maximum absolute atomic E-state index is 12.5. The summed E-state index contributed by atoms with van der Waals surface area (Å²) in [5, 5.41) is 12.6. The molecule has 1 unspecified atom stereocenters. The second kappa shape index (κ2) is 7.72. The molecule has 0 bridgehead atoms. The fraction of sp³-hybridized carbons (Fsp3) is 0.524. The second-order valence-electron chi connectivity index (χ2n) is 8.17. The molecular formula is C21H26N6O. The molecule has 146 valence electrons. The van der Waals surface area contributed by atoms with Gasteiger partial charge in [0, 0.05) is 38.4 Å². The lowest BCUT2D eigenvalue weighted by Crippen LogP contribution is -2.40. The maximum atomic E-state index is 12.5. The Labute approximate surface area is 165 Å². The van der Waals surface area contributed by atoms with Gasteiger partial charge in [-0.3, -0.25) is 14.8 Å². The molecule has 2 saturated heterocycles. The number of carbonyl (C=O) groups is 1. The van der Waals surface area contributed by atoms with E-state index in [2.05, 4.69) is 45.1 Å². The van der Waals surface area contributed by atoms with Crippen LogP contribution in [0.3, 0.4) is 0 Å². The lowest BCUT2D eigenvalue weighted by molar-refractivity contribution is -0.122. The van der Waals surface area contributed by atoms with Gasteiger partial charge >= 0.3 is 0 Å². The van der Waals surface area contributed by atoms with Crippen LogP contribution in [-0.4, -0.2) is 60.0 Å². The molecule has 1 N–H and O–H groups in total. The van der Waals surface area contributed by atoms with Crippen LogP contribution in [0, 0.1) is 23.2 Å². The Hall–Kier alpha value is -2.72. The number of rotatable bonds is 4. The van der Waals surface area contributed by atoms with Crippen LogP contribution in [-0.2, 0) is 4.79 Å². The Balaban J connectivity index is 1.46. The number of nitrogens with one attached hydrogen (secondary N) is 1. The van der Waals surface area contributed by atoms with Gasteiger partial charge in [-0.2, -0.15) is 5.26 Å². The fourth-order valence-corrected chi connectivity index (χ4v) is 4.46. The van der Waals surface area contributed by atoms with Crippen LogP contribution in [0.1, 0.15) is 25.3 Å². The normalized spacial score (nSPS) is 25.2. The first-order chi connectivity index (χ1) is 13.5. The number of hydrogen-bond donors (Lipinski definition) is 1. The van der Waals surface area contributed by atoms with Crippen molar-refractivity contribution in [2.45, 2.75) is 25.8 Å². The number of hydrogen-bond acceptors (Lipinski definition) is 6. The largest absolute Gasteiger partial charge is 0.367 e. The van der Waals surface area contributed by atoms with Crippen LogP contribution in [0.5, 0.6) is 0 Å². The summed E-state index contributed by atoms with van der Waals surface area (Å²) in [6, 6.07) is 6.06. The molecule has 0 aliphatic carbocycles. The minimum absolute atomic E-state index is 0.119. The average Bonchev–Trinajstić information content (AvgIpc) is 3.26. The number of nitrogens with zero attached hydrogens (tertiary/aromatic N) is 5. The highest BCUT2D eigenvalue weighted by molar-refractivity contribution is 5.92. The van der Waals surface area contributed by atoms with E-state index in [1.165, 1.54) is 0 Å². The van der Waals surface area contributed by atoms with E-state index in [1.807, 2.05) is 6.07 Å². The number of amides is 1. The highest BCUT2D eigenvalue weighted by atomic mass is 16.1. The minimum atomic E-state index is 0.119. The summed E-state index contributed by atoms with van der Waals surface area (Å²) in [7, 11) is 2.11. The third-order valence-corrected chi connectivity index (χ3v) is 5.99. The van der Waals surface area contributed by atoms with E-state index in [9.17, 15) is 10.1 Å². The summed E-state index contributed by atoms with van der Waals surface area (Å²) < 4.78 is 0. The van der Waals surface area contributed by atoms with Crippen molar-refractivity contribution in [2.24, 2.45) is 11.8 Å². The number of likely N-dealkylation sites (tertiary alicyclic amines) is 1. The SMILES string of the molecule is C[C@@H]1CN(c2ccc(C#N)c3nccnc23)C[C@@H]1NC(=O)CC1CCN(C)C1. The highest BCUT2D eigenvalue weighted by Crippen LogP contribution is 2.30. The van der Waals surface area contributed by atoms with Gasteiger partial charge in [0.1, 0.15) is 17.1 Å². The van der Waals surface area contributed by atoms with Crippen LogP contribution in [0.2, 0.25) is 0 Å². The third-order valence-electron chi connectivity index (χ3n) is 5.99. The standard InChI is InChI=1S/C21H26N6O/c1-14-11-27(13-17(14)25-19(28)9-15-5-8-26(2)12-15)18-4-3-16(10-22)20-21(18)24-7-6-23-20/h3-4,6-7,14-15,17H,5,8-9,11-13H2,1-2H3,(H,25,28)/t14-,15?,17+/m1/s1. The number of fused-ring (bicyclic) bond motifs is 1. The van der Waals surface area contributed by atoms with Gasteiger partial charge in [-0.05, 0) is 44.0 Å². The van der Waals surface area contributed by atoms with E-state index in [4.69, 9.17) is 0 Å². The smallest absolute Gasteiger partial charge is 0.220 e. The van der Waals surface area contributed by atoms with E-state index >= 15 is 0 Å². The van der Waals surface area contributed by atoms with Crippen molar-refractivity contribution in [1.29, 1.82) is 5.26 Å². The van der Waals surface area contributed by atoms with Gasteiger partial charge in [-0.1, -0.05) is 6.92 Å². The van der Waals surface area contributed by atoms with Gasteiger partial charge in [-0.15, -0.1) is 0 Å². The van der Waals surface area contributed by atoms with Gasteiger partial charge in [0.25, 0.3) is 0 Å². The van der Waals surface area contributed by atoms with Crippen molar-refractivity contribution >= 4 is 22.6 Å². The highest BCUT2D eigenvalue weighted by Gasteiger charge is 2.33.